The summed E-state index contributed by atoms with van der Waals surface area (Å²) in [5.74, 6) is 0.951. The minimum absolute atomic E-state index is 0.0918. The van der Waals surface area contributed by atoms with Crippen molar-refractivity contribution in [2.75, 3.05) is 13.1 Å². The van der Waals surface area contributed by atoms with Crippen LogP contribution in [-0.4, -0.2) is 34.0 Å². The molecule has 2 aromatic rings. The highest BCUT2D eigenvalue weighted by Crippen LogP contribution is 2.24. The van der Waals surface area contributed by atoms with Crippen LogP contribution in [0.5, 0.6) is 0 Å². The van der Waals surface area contributed by atoms with Crippen molar-refractivity contribution in [1.29, 1.82) is 0 Å². The lowest BCUT2D eigenvalue weighted by Gasteiger charge is -2.19. The molecule has 1 amide bonds. The van der Waals surface area contributed by atoms with E-state index in [9.17, 15) is 4.79 Å². The highest BCUT2D eigenvalue weighted by atomic mass is 16.5. The van der Waals surface area contributed by atoms with Crippen molar-refractivity contribution in [3.05, 3.63) is 24.4 Å². The van der Waals surface area contributed by atoms with Crippen LogP contribution < -0.4 is 0 Å². The molecule has 1 aliphatic heterocycles. The fourth-order valence-electron chi connectivity index (χ4n) is 2.53. The van der Waals surface area contributed by atoms with Gasteiger partial charge in [-0.2, -0.15) is 0 Å². The summed E-state index contributed by atoms with van der Waals surface area (Å²) in [6.07, 6.45) is 5.95. The maximum Gasteiger partial charge on any atom is 0.276 e. The van der Waals surface area contributed by atoms with Crippen LogP contribution in [0.25, 0.3) is 11.5 Å². The highest BCUT2D eigenvalue weighted by molar-refractivity contribution is 5.97. The third-order valence-electron chi connectivity index (χ3n) is 3.74. The van der Waals surface area contributed by atoms with Gasteiger partial charge < -0.3 is 13.8 Å². The Morgan fingerprint density at radius 1 is 1.40 bits per heavy atom. The second-order valence-electron chi connectivity index (χ2n) is 5.24. The minimum Gasteiger partial charge on any atom is -0.441 e. The summed E-state index contributed by atoms with van der Waals surface area (Å²) in [5, 5.41) is 3.80. The van der Waals surface area contributed by atoms with Crippen LogP contribution in [0.4, 0.5) is 0 Å². The van der Waals surface area contributed by atoms with E-state index in [2.05, 4.69) is 17.1 Å². The molecule has 1 atom stereocenters. The fraction of sp³-hybridized carbons (Fsp3) is 0.500. The Kier molecular flexibility index (Phi) is 3.54. The van der Waals surface area contributed by atoms with Crippen LogP contribution in [0, 0.1) is 5.92 Å². The van der Waals surface area contributed by atoms with E-state index in [1.165, 1.54) is 19.1 Å². The van der Waals surface area contributed by atoms with Crippen molar-refractivity contribution in [3.8, 4) is 11.5 Å². The molecule has 0 radical (unpaired) electrons. The summed E-state index contributed by atoms with van der Waals surface area (Å²) in [6.45, 7) is 3.77. The van der Waals surface area contributed by atoms with E-state index >= 15 is 0 Å². The molecule has 0 saturated carbocycles. The number of oxazole rings is 1. The third-order valence-corrected chi connectivity index (χ3v) is 3.74. The summed E-state index contributed by atoms with van der Waals surface area (Å²) >= 11 is 0. The highest BCUT2D eigenvalue weighted by Gasteiger charge is 2.26. The first-order valence-corrected chi connectivity index (χ1v) is 6.89. The molecule has 106 valence electrons. The molecular formula is C14H17N3O3. The minimum atomic E-state index is -0.0918. The molecule has 6 nitrogen and oxygen atoms in total. The van der Waals surface area contributed by atoms with Gasteiger partial charge in [-0.15, -0.1) is 0 Å². The van der Waals surface area contributed by atoms with Gasteiger partial charge >= 0.3 is 0 Å². The van der Waals surface area contributed by atoms with Gasteiger partial charge in [0.15, 0.2) is 23.5 Å². The molecule has 20 heavy (non-hydrogen) atoms. The molecule has 0 aromatic carbocycles. The van der Waals surface area contributed by atoms with E-state index in [0.717, 1.165) is 25.9 Å². The third kappa shape index (κ3) is 2.45. The summed E-state index contributed by atoms with van der Waals surface area (Å²) < 4.78 is 10.1. The topological polar surface area (TPSA) is 72.4 Å². The molecule has 0 bridgehead atoms. The predicted molar refractivity (Wildman–Crippen MR) is 70.9 cm³/mol. The zero-order chi connectivity index (χ0) is 13.9. The molecule has 2 aromatic heterocycles. The fourth-order valence-corrected chi connectivity index (χ4v) is 2.53. The van der Waals surface area contributed by atoms with E-state index in [4.69, 9.17) is 8.94 Å². The molecule has 0 aliphatic carbocycles. The monoisotopic (exact) mass is 275 g/mol. The van der Waals surface area contributed by atoms with Gasteiger partial charge in [0.05, 0.1) is 0 Å². The van der Waals surface area contributed by atoms with E-state index in [-0.39, 0.29) is 5.91 Å². The number of likely N-dealkylation sites (tertiary alicyclic amines) is 1. The van der Waals surface area contributed by atoms with Crippen molar-refractivity contribution in [3.63, 3.8) is 0 Å². The molecule has 1 unspecified atom stereocenters. The maximum atomic E-state index is 12.6. The van der Waals surface area contributed by atoms with Gasteiger partial charge in [-0.3, -0.25) is 4.79 Å². The van der Waals surface area contributed by atoms with Crippen LogP contribution in [0.1, 0.15) is 36.7 Å². The second-order valence-corrected chi connectivity index (χ2v) is 5.24. The maximum absolute atomic E-state index is 12.6. The standard InChI is InChI=1S/C14H17N3O3/c1-10-3-2-6-17(7-4-10)14(18)12-13(19-9-15-12)11-5-8-20-16-11/h5,8-10H,2-4,6-7H2,1H3. The number of aromatic nitrogens is 2. The van der Waals surface area contributed by atoms with Crippen LogP contribution in [-0.2, 0) is 0 Å². The van der Waals surface area contributed by atoms with E-state index in [1.807, 2.05) is 4.90 Å². The van der Waals surface area contributed by atoms with Gasteiger partial charge in [-0.1, -0.05) is 12.1 Å². The number of hydrogen-bond donors (Lipinski definition) is 0. The van der Waals surface area contributed by atoms with Gasteiger partial charge in [0.25, 0.3) is 5.91 Å². The summed E-state index contributed by atoms with van der Waals surface area (Å²) in [5.41, 5.74) is 0.808. The summed E-state index contributed by atoms with van der Waals surface area (Å²) in [7, 11) is 0. The van der Waals surface area contributed by atoms with Crippen LogP contribution in [0.15, 0.2) is 27.7 Å². The Labute approximate surface area is 116 Å². The Hall–Kier alpha value is -2.11. The number of carbonyl (C=O) groups is 1. The Balaban J connectivity index is 1.82. The van der Waals surface area contributed by atoms with Crippen LogP contribution in [0.3, 0.4) is 0 Å². The average molecular weight is 275 g/mol. The number of carbonyl (C=O) groups excluding carboxylic acids is 1. The second kappa shape index (κ2) is 5.48. The van der Waals surface area contributed by atoms with Crippen molar-refractivity contribution in [1.82, 2.24) is 15.0 Å². The van der Waals surface area contributed by atoms with E-state index < -0.39 is 0 Å². The first-order valence-electron chi connectivity index (χ1n) is 6.89. The van der Waals surface area contributed by atoms with Crippen molar-refractivity contribution < 1.29 is 13.7 Å². The number of rotatable bonds is 2. The molecule has 0 spiro atoms. The lowest BCUT2D eigenvalue weighted by molar-refractivity contribution is 0.0755. The van der Waals surface area contributed by atoms with Crippen molar-refractivity contribution in [2.24, 2.45) is 5.92 Å². The van der Waals surface area contributed by atoms with Gasteiger partial charge in [-0.25, -0.2) is 4.98 Å². The number of hydrogen-bond acceptors (Lipinski definition) is 5. The molecule has 1 aliphatic rings. The van der Waals surface area contributed by atoms with Gasteiger partial charge in [0.1, 0.15) is 6.26 Å². The number of amides is 1. The number of nitrogens with zero attached hydrogens (tertiary/aromatic N) is 3. The van der Waals surface area contributed by atoms with Gasteiger partial charge in [-0.05, 0) is 25.2 Å². The van der Waals surface area contributed by atoms with Crippen LogP contribution in [0.2, 0.25) is 0 Å². The molecule has 3 rings (SSSR count). The molecule has 6 heteroatoms. The van der Waals surface area contributed by atoms with Crippen LogP contribution >= 0.6 is 0 Å². The first-order chi connectivity index (χ1) is 9.75. The molecule has 1 fully saturated rings. The summed E-state index contributed by atoms with van der Waals surface area (Å²) in [4.78, 5) is 18.5. The lowest BCUT2D eigenvalue weighted by atomic mass is 10.0. The summed E-state index contributed by atoms with van der Waals surface area (Å²) in [6, 6.07) is 1.65. The van der Waals surface area contributed by atoms with E-state index in [1.54, 1.807) is 6.07 Å². The first kappa shape index (κ1) is 12.9. The Morgan fingerprint density at radius 3 is 3.10 bits per heavy atom. The zero-order valence-corrected chi connectivity index (χ0v) is 11.4. The van der Waals surface area contributed by atoms with E-state index in [0.29, 0.717) is 23.1 Å². The molecule has 0 N–H and O–H groups in total. The average Bonchev–Trinajstić information content (AvgIpc) is 3.07. The molecule has 1 saturated heterocycles. The predicted octanol–water partition coefficient (Wildman–Crippen LogP) is 2.59. The Bertz CT molecular complexity index is 576. The Morgan fingerprint density at radius 2 is 2.30 bits per heavy atom. The van der Waals surface area contributed by atoms with Gasteiger partial charge in [0, 0.05) is 19.2 Å². The van der Waals surface area contributed by atoms with Crippen molar-refractivity contribution in [2.45, 2.75) is 26.2 Å². The normalized spacial score (nSPS) is 19.9. The smallest absolute Gasteiger partial charge is 0.276 e. The largest absolute Gasteiger partial charge is 0.441 e. The molecule has 3 heterocycles. The zero-order valence-electron chi connectivity index (χ0n) is 11.4. The van der Waals surface area contributed by atoms with Gasteiger partial charge in [0.2, 0.25) is 0 Å². The lowest BCUT2D eigenvalue weighted by Crippen LogP contribution is -2.32. The quantitative estimate of drug-likeness (QED) is 0.842. The molecular weight excluding hydrogens is 258 g/mol. The SMILES string of the molecule is CC1CCCN(C(=O)c2ncoc2-c2ccon2)CC1. The van der Waals surface area contributed by atoms with Crippen molar-refractivity contribution >= 4 is 5.91 Å².